The van der Waals surface area contributed by atoms with Crippen LogP contribution in [-0.4, -0.2) is 85.5 Å². The number of ether oxygens (including phenoxy) is 4. The predicted octanol–water partition coefficient (Wildman–Crippen LogP) is 2.43. The summed E-state index contributed by atoms with van der Waals surface area (Å²) in [7, 11) is 1.59. The Hall–Kier alpha value is -4.13. The molecule has 2 aliphatic rings. The highest BCUT2D eigenvalue weighted by molar-refractivity contribution is 5.95. The summed E-state index contributed by atoms with van der Waals surface area (Å²) in [6, 6.07) is 12.2. The van der Waals surface area contributed by atoms with Crippen molar-refractivity contribution in [1.82, 2.24) is 30.8 Å². The number of carbonyl (C=O) groups excluding carboxylic acids is 2. The van der Waals surface area contributed by atoms with Crippen LogP contribution in [0.3, 0.4) is 0 Å². The molecule has 0 unspecified atom stereocenters. The van der Waals surface area contributed by atoms with Crippen LogP contribution in [0.5, 0.6) is 17.2 Å². The molecule has 1 saturated heterocycles. The summed E-state index contributed by atoms with van der Waals surface area (Å²) in [5.41, 5.74) is 1.30. The largest absolute Gasteiger partial charge is 0.491 e. The zero-order valence-corrected chi connectivity index (χ0v) is 23.1. The monoisotopic (exact) mass is 564 g/mol. The second kappa shape index (κ2) is 14.0. The van der Waals surface area contributed by atoms with Crippen molar-refractivity contribution >= 4 is 11.9 Å². The first-order chi connectivity index (χ1) is 20.1. The predicted molar refractivity (Wildman–Crippen MR) is 150 cm³/mol. The third-order valence-electron chi connectivity index (χ3n) is 6.88. The Kier molecular flexibility index (Phi) is 9.68. The van der Waals surface area contributed by atoms with Crippen LogP contribution in [0, 0.1) is 0 Å². The maximum Gasteiger partial charge on any atom is 0.315 e. The molecule has 41 heavy (non-hydrogen) atoms. The number of amides is 3. The third-order valence-corrected chi connectivity index (χ3v) is 6.88. The lowest BCUT2D eigenvalue weighted by Gasteiger charge is -2.38. The number of imidazole rings is 1. The Balaban J connectivity index is 1.35. The van der Waals surface area contributed by atoms with Crippen LogP contribution in [0.1, 0.15) is 28.2 Å². The number of urea groups is 1. The van der Waals surface area contributed by atoms with E-state index in [4.69, 9.17) is 18.9 Å². The molecule has 3 aromatic rings. The van der Waals surface area contributed by atoms with Gasteiger partial charge in [-0.3, -0.25) is 9.69 Å². The van der Waals surface area contributed by atoms with E-state index in [2.05, 4.69) is 30.8 Å². The summed E-state index contributed by atoms with van der Waals surface area (Å²) in [5, 5.41) is 8.74. The van der Waals surface area contributed by atoms with Crippen molar-refractivity contribution in [2.75, 3.05) is 46.5 Å². The summed E-state index contributed by atoms with van der Waals surface area (Å²) >= 11 is 0. The van der Waals surface area contributed by atoms with Crippen molar-refractivity contribution < 1.29 is 28.5 Å². The van der Waals surface area contributed by atoms with Crippen molar-refractivity contribution in [2.24, 2.45) is 0 Å². The van der Waals surface area contributed by atoms with Crippen LogP contribution in [0.25, 0.3) is 0 Å². The van der Waals surface area contributed by atoms with Crippen molar-refractivity contribution in [3.8, 4) is 17.2 Å². The van der Waals surface area contributed by atoms with Gasteiger partial charge in [0, 0.05) is 57.3 Å². The minimum atomic E-state index is -0.304. The molecule has 2 aromatic carbocycles. The van der Waals surface area contributed by atoms with Crippen LogP contribution >= 0.6 is 0 Å². The lowest BCUT2D eigenvalue weighted by molar-refractivity contribution is -0.0308. The van der Waals surface area contributed by atoms with E-state index in [0.717, 1.165) is 24.4 Å². The van der Waals surface area contributed by atoms with Gasteiger partial charge in [-0.25, -0.2) is 9.78 Å². The molecule has 5 rings (SSSR count). The molecule has 0 spiro atoms. The number of likely N-dealkylation sites (tertiary alicyclic amines) is 1. The molecule has 12 nitrogen and oxygen atoms in total. The van der Waals surface area contributed by atoms with Crippen LogP contribution < -0.4 is 25.4 Å². The molecule has 1 fully saturated rings. The van der Waals surface area contributed by atoms with E-state index in [1.807, 2.05) is 30.5 Å². The fourth-order valence-electron chi connectivity index (χ4n) is 4.85. The second-order valence-corrected chi connectivity index (χ2v) is 9.96. The van der Waals surface area contributed by atoms with Gasteiger partial charge in [0.05, 0.1) is 31.9 Å². The number of fused-ring (bicyclic) bond motifs is 5. The van der Waals surface area contributed by atoms with E-state index in [1.165, 1.54) is 0 Å². The number of nitrogens with zero attached hydrogens (tertiary/aromatic N) is 2. The van der Waals surface area contributed by atoms with Gasteiger partial charge >= 0.3 is 6.03 Å². The number of rotatable bonds is 6. The van der Waals surface area contributed by atoms with E-state index >= 15 is 0 Å². The first-order valence-electron chi connectivity index (χ1n) is 13.7. The van der Waals surface area contributed by atoms with Gasteiger partial charge in [-0.05, 0) is 36.2 Å². The summed E-state index contributed by atoms with van der Waals surface area (Å²) in [5.74, 6) is 2.13. The summed E-state index contributed by atoms with van der Waals surface area (Å²) in [6.07, 6.45) is 4.03. The molecule has 3 heterocycles. The van der Waals surface area contributed by atoms with Crippen LogP contribution in [0.15, 0.2) is 54.9 Å². The minimum absolute atomic E-state index is 0.174. The molecule has 0 aliphatic carbocycles. The van der Waals surface area contributed by atoms with Crippen LogP contribution in [0.2, 0.25) is 0 Å². The first-order valence-corrected chi connectivity index (χ1v) is 13.7. The smallest absolute Gasteiger partial charge is 0.315 e. The molecule has 1 aromatic heterocycles. The zero-order valence-electron chi connectivity index (χ0n) is 23.1. The Morgan fingerprint density at radius 3 is 2.83 bits per heavy atom. The van der Waals surface area contributed by atoms with Gasteiger partial charge in [-0.2, -0.15) is 0 Å². The van der Waals surface area contributed by atoms with Crippen LogP contribution in [0.4, 0.5) is 4.79 Å². The number of aromatic amines is 1. The molecular formula is C29H36N6O6. The quantitative estimate of drug-likeness (QED) is 0.335. The summed E-state index contributed by atoms with van der Waals surface area (Å²) in [4.78, 5) is 35.4. The van der Waals surface area contributed by atoms with Gasteiger partial charge < -0.3 is 39.9 Å². The Morgan fingerprint density at radius 1 is 1.07 bits per heavy atom. The fraction of sp³-hybridized carbons (Fsp3) is 0.414. The topological polar surface area (TPSA) is 139 Å². The van der Waals surface area contributed by atoms with E-state index in [0.29, 0.717) is 55.7 Å². The number of piperidine rings is 1. The normalized spacial score (nSPS) is 20.3. The highest BCUT2D eigenvalue weighted by Gasteiger charge is 2.31. The van der Waals surface area contributed by atoms with Gasteiger partial charge in [0.25, 0.3) is 5.91 Å². The van der Waals surface area contributed by atoms with E-state index in [9.17, 15) is 9.59 Å². The van der Waals surface area contributed by atoms with Gasteiger partial charge in [0.15, 0.2) is 0 Å². The number of H-pyrrole nitrogens is 1. The third kappa shape index (κ3) is 8.19. The Morgan fingerprint density at radius 2 is 1.98 bits per heavy atom. The number of aromatic nitrogens is 2. The van der Waals surface area contributed by atoms with Gasteiger partial charge in [0.1, 0.15) is 29.7 Å². The van der Waals surface area contributed by atoms with Gasteiger partial charge in [0.2, 0.25) is 0 Å². The number of hydrogen-bond acceptors (Lipinski definition) is 8. The van der Waals surface area contributed by atoms with Gasteiger partial charge in [-0.15, -0.1) is 0 Å². The van der Waals surface area contributed by atoms with Crippen molar-refractivity contribution in [2.45, 2.75) is 31.7 Å². The van der Waals surface area contributed by atoms with E-state index < -0.39 is 0 Å². The number of nitrogens with one attached hydrogen (secondary N) is 4. The maximum atomic E-state index is 12.9. The van der Waals surface area contributed by atoms with Gasteiger partial charge in [-0.1, -0.05) is 12.1 Å². The van der Waals surface area contributed by atoms with Crippen molar-refractivity contribution in [3.05, 3.63) is 71.8 Å². The lowest BCUT2D eigenvalue weighted by atomic mass is 10.0. The molecule has 4 bridgehead atoms. The van der Waals surface area contributed by atoms with E-state index in [1.54, 1.807) is 31.5 Å². The molecule has 4 N–H and O–H groups in total. The fourth-order valence-corrected chi connectivity index (χ4v) is 4.85. The molecule has 0 saturated carbocycles. The number of benzene rings is 2. The Bertz CT molecular complexity index is 1300. The number of methoxy groups -OCH3 is 1. The highest BCUT2D eigenvalue weighted by atomic mass is 16.5. The number of carbonyl (C=O) groups is 2. The molecule has 3 amide bonds. The molecule has 2 aliphatic heterocycles. The Labute approximate surface area is 238 Å². The summed E-state index contributed by atoms with van der Waals surface area (Å²) in [6.45, 7) is 3.68. The molecule has 0 radical (unpaired) electrons. The molecule has 12 heteroatoms. The van der Waals surface area contributed by atoms with Crippen molar-refractivity contribution in [3.63, 3.8) is 0 Å². The lowest BCUT2D eigenvalue weighted by Crippen LogP contribution is -2.56. The molecule has 2 atom stereocenters. The first kappa shape index (κ1) is 28.4. The maximum absolute atomic E-state index is 12.9. The molecule has 218 valence electrons. The standard InChI is InChI=1S/C29H36N6O6/c1-38-11-12-39-23-14-21-15-24(16-23)41-22-4-2-3-20(13-22)19-40-26-17-35(18-27-30-6-7-31-27)10-5-25(26)34-29(37)33-9-8-32-28(21)36/h2-4,6-7,13-16,25-26H,5,8-12,17-19H2,1H3,(H,30,31)(H,32,36)(H2,33,34,37)/t25-,26-/m0/s1. The number of hydrogen-bond donors (Lipinski definition) is 4. The van der Waals surface area contributed by atoms with Crippen molar-refractivity contribution in [1.29, 1.82) is 0 Å². The second-order valence-electron chi connectivity index (χ2n) is 9.96. The molecular weight excluding hydrogens is 528 g/mol. The summed E-state index contributed by atoms with van der Waals surface area (Å²) < 4.78 is 23.4. The highest BCUT2D eigenvalue weighted by Crippen LogP contribution is 2.29. The van der Waals surface area contributed by atoms with E-state index in [-0.39, 0.29) is 37.2 Å². The average Bonchev–Trinajstić information content (AvgIpc) is 3.48. The van der Waals surface area contributed by atoms with Crippen LogP contribution in [-0.2, 0) is 22.6 Å². The zero-order chi connectivity index (χ0) is 28.4. The minimum Gasteiger partial charge on any atom is -0.491 e. The average molecular weight is 565 g/mol. The SMILES string of the molecule is COCCOc1cc2cc(c1)C(=O)NCCNC(=O)N[C@H]1CCN(Cc3ncc[nH]3)C[C@@H]1OCc1cccc(c1)O2.